The fourth-order valence-electron chi connectivity index (χ4n) is 2.89. The van der Waals surface area contributed by atoms with E-state index < -0.39 is 15.4 Å². The van der Waals surface area contributed by atoms with Crippen molar-refractivity contribution in [2.45, 2.75) is 23.3 Å². The molecule has 0 bridgehead atoms. The maximum atomic E-state index is 11.9. The Bertz CT molecular complexity index is 789. The van der Waals surface area contributed by atoms with Crippen LogP contribution in [0.5, 0.6) is 0 Å². The van der Waals surface area contributed by atoms with Gasteiger partial charge in [-0.2, -0.15) is 0 Å². The predicted octanol–water partition coefficient (Wildman–Crippen LogP) is 0.941. The summed E-state index contributed by atoms with van der Waals surface area (Å²) in [4.78, 5) is 4.83. The van der Waals surface area contributed by atoms with Gasteiger partial charge < -0.3 is 15.0 Å². The molecule has 0 radical (unpaired) electrons. The van der Waals surface area contributed by atoms with Crippen LogP contribution in [-0.2, 0) is 27.2 Å². The van der Waals surface area contributed by atoms with Crippen LogP contribution in [-0.4, -0.2) is 37.4 Å². The highest BCUT2D eigenvalue weighted by molar-refractivity contribution is 7.91. The molecule has 1 aromatic heterocycles. The fourth-order valence-corrected chi connectivity index (χ4v) is 3.72. The lowest BCUT2D eigenvalue weighted by Crippen LogP contribution is -2.44. The highest BCUT2D eigenvalue weighted by Crippen LogP contribution is 2.32. The predicted molar refractivity (Wildman–Crippen MR) is 79.7 cm³/mol. The summed E-state index contributed by atoms with van der Waals surface area (Å²) in [6, 6.07) is 5.18. The molecule has 0 amide bonds. The summed E-state index contributed by atoms with van der Waals surface area (Å²) >= 11 is 0. The minimum Gasteiger partial charge on any atom is -0.381 e. The van der Waals surface area contributed by atoms with Gasteiger partial charge in [0.25, 0.3) is 0 Å². The Hall–Kier alpha value is -1.44. The van der Waals surface area contributed by atoms with Crippen molar-refractivity contribution >= 4 is 20.9 Å². The molecule has 0 aliphatic carbocycles. The zero-order valence-electron chi connectivity index (χ0n) is 12.2. The molecule has 2 aromatic rings. The van der Waals surface area contributed by atoms with Crippen LogP contribution in [0.4, 0.5) is 0 Å². The zero-order valence-corrected chi connectivity index (χ0v) is 13.0. The lowest BCUT2D eigenvalue weighted by atomic mass is 9.90. The third kappa shape index (κ3) is 2.35. The van der Waals surface area contributed by atoms with Gasteiger partial charge in [-0.05, 0) is 25.0 Å². The highest BCUT2D eigenvalue weighted by Gasteiger charge is 2.35. The van der Waals surface area contributed by atoms with Gasteiger partial charge in [0.05, 0.1) is 16.0 Å². The Morgan fingerprint density at radius 3 is 2.62 bits per heavy atom. The van der Waals surface area contributed by atoms with E-state index in [4.69, 9.17) is 10.5 Å². The molecule has 0 saturated carbocycles. The molecule has 114 valence electrons. The molecule has 2 N–H and O–H groups in total. The smallest absolute Gasteiger partial charge is 0.177 e. The average molecular weight is 309 g/mol. The van der Waals surface area contributed by atoms with Crippen LogP contribution in [0.2, 0.25) is 0 Å². The summed E-state index contributed by atoms with van der Waals surface area (Å²) in [5.41, 5.74) is 7.20. The van der Waals surface area contributed by atoms with E-state index in [1.165, 1.54) is 6.26 Å². The first-order valence-corrected chi connectivity index (χ1v) is 8.75. The average Bonchev–Trinajstić information content (AvgIpc) is 2.77. The van der Waals surface area contributed by atoms with Crippen LogP contribution in [0, 0.1) is 0 Å². The van der Waals surface area contributed by atoms with Crippen molar-refractivity contribution in [3.8, 4) is 0 Å². The maximum Gasteiger partial charge on any atom is 0.177 e. The Morgan fingerprint density at radius 1 is 1.33 bits per heavy atom. The second-order valence-corrected chi connectivity index (χ2v) is 7.64. The van der Waals surface area contributed by atoms with E-state index in [1.807, 2.05) is 17.7 Å². The van der Waals surface area contributed by atoms with Crippen molar-refractivity contribution in [1.82, 2.24) is 9.55 Å². The largest absolute Gasteiger partial charge is 0.381 e. The minimum absolute atomic E-state index is 0.248. The van der Waals surface area contributed by atoms with Crippen molar-refractivity contribution in [2.75, 3.05) is 19.5 Å². The van der Waals surface area contributed by atoms with Gasteiger partial charge in [-0.1, -0.05) is 6.07 Å². The number of aromatic nitrogens is 2. The molecule has 0 spiro atoms. The molecular weight excluding hydrogens is 290 g/mol. The van der Waals surface area contributed by atoms with Crippen LogP contribution in [0.25, 0.3) is 11.0 Å². The summed E-state index contributed by atoms with van der Waals surface area (Å²) in [6.07, 6.45) is 2.56. The van der Waals surface area contributed by atoms with Crippen LogP contribution < -0.4 is 5.73 Å². The molecule has 2 heterocycles. The third-order valence-electron chi connectivity index (χ3n) is 4.10. The van der Waals surface area contributed by atoms with Crippen molar-refractivity contribution in [3.63, 3.8) is 0 Å². The van der Waals surface area contributed by atoms with Gasteiger partial charge in [-0.15, -0.1) is 0 Å². The molecule has 21 heavy (non-hydrogen) atoms. The molecule has 1 aliphatic rings. The molecule has 7 heteroatoms. The van der Waals surface area contributed by atoms with Gasteiger partial charge in [-0.3, -0.25) is 0 Å². The van der Waals surface area contributed by atoms with Crippen molar-refractivity contribution < 1.29 is 13.2 Å². The summed E-state index contributed by atoms with van der Waals surface area (Å²) in [6.45, 7) is 1.19. The van der Waals surface area contributed by atoms with E-state index in [0.29, 0.717) is 31.6 Å². The third-order valence-corrected chi connectivity index (χ3v) is 5.23. The van der Waals surface area contributed by atoms with Crippen LogP contribution >= 0.6 is 0 Å². The number of aryl methyl sites for hydroxylation is 1. The summed E-state index contributed by atoms with van der Waals surface area (Å²) in [5, 5.41) is 0. The van der Waals surface area contributed by atoms with E-state index in [0.717, 1.165) is 11.3 Å². The lowest BCUT2D eigenvalue weighted by Gasteiger charge is -2.32. The van der Waals surface area contributed by atoms with Crippen molar-refractivity contribution in [3.05, 3.63) is 24.0 Å². The summed E-state index contributed by atoms with van der Waals surface area (Å²) in [7, 11) is -1.45. The van der Waals surface area contributed by atoms with E-state index in [1.54, 1.807) is 12.1 Å². The number of imidazole rings is 1. The molecule has 1 aliphatic heterocycles. The highest BCUT2D eigenvalue weighted by atomic mass is 32.2. The van der Waals surface area contributed by atoms with Gasteiger partial charge in [0.2, 0.25) is 0 Å². The van der Waals surface area contributed by atoms with Crippen LogP contribution in [0.3, 0.4) is 0 Å². The number of para-hydroxylation sites is 1. The molecule has 1 saturated heterocycles. The minimum atomic E-state index is -3.32. The number of sulfone groups is 1. The van der Waals surface area contributed by atoms with Crippen molar-refractivity contribution in [2.24, 2.45) is 12.8 Å². The van der Waals surface area contributed by atoms with Gasteiger partial charge in [0.15, 0.2) is 9.84 Å². The summed E-state index contributed by atoms with van der Waals surface area (Å²) < 4.78 is 31.1. The number of rotatable bonds is 2. The van der Waals surface area contributed by atoms with E-state index in [9.17, 15) is 8.42 Å². The summed E-state index contributed by atoms with van der Waals surface area (Å²) in [5.74, 6) is 0.719. The standard InChI is InChI=1S/C14H19N3O3S/c1-17-10-4-3-5-11(21(2,18)19)12(10)16-13(17)14(15)6-8-20-9-7-14/h3-5H,6-9,15H2,1-2H3. The molecule has 6 nitrogen and oxygen atoms in total. The SMILES string of the molecule is Cn1c(C2(N)CCOCC2)nc2c(S(C)(=O)=O)cccc21. The number of nitrogens with zero attached hydrogens (tertiary/aromatic N) is 2. The molecule has 1 fully saturated rings. The molecule has 0 atom stereocenters. The van der Waals surface area contributed by atoms with Gasteiger partial charge in [0, 0.05) is 26.5 Å². The van der Waals surface area contributed by atoms with E-state index in [2.05, 4.69) is 4.98 Å². The van der Waals surface area contributed by atoms with Crippen LogP contribution in [0.1, 0.15) is 18.7 Å². The first-order valence-electron chi connectivity index (χ1n) is 6.85. The number of hydrogen-bond acceptors (Lipinski definition) is 5. The normalized spacial score (nSPS) is 19.0. The quantitative estimate of drug-likeness (QED) is 0.892. The van der Waals surface area contributed by atoms with E-state index >= 15 is 0 Å². The number of fused-ring (bicyclic) bond motifs is 1. The van der Waals surface area contributed by atoms with Gasteiger partial charge in [-0.25, -0.2) is 13.4 Å². The second-order valence-electron chi connectivity index (χ2n) is 5.66. The Kier molecular flexibility index (Phi) is 3.31. The fraction of sp³-hybridized carbons (Fsp3) is 0.500. The zero-order chi connectivity index (χ0) is 15.3. The monoisotopic (exact) mass is 309 g/mol. The maximum absolute atomic E-state index is 11.9. The topological polar surface area (TPSA) is 87.2 Å². The van der Waals surface area contributed by atoms with Gasteiger partial charge in [0.1, 0.15) is 11.3 Å². The molecule has 1 aromatic carbocycles. The first-order chi connectivity index (χ1) is 9.83. The van der Waals surface area contributed by atoms with Crippen LogP contribution in [0.15, 0.2) is 23.1 Å². The molecule has 0 unspecified atom stereocenters. The Morgan fingerprint density at radius 2 is 2.00 bits per heavy atom. The number of hydrogen-bond donors (Lipinski definition) is 1. The lowest BCUT2D eigenvalue weighted by molar-refractivity contribution is 0.0484. The molecule has 3 rings (SSSR count). The second kappa shape index (κ2) is 4.79. The first kappa shape index (κ1) is 14.5. The van der Waals surface area contributed by atoms with Gasteiger partial charge >= 0.3 is 0 Å². The Labute approximate surface area is 123 Å². The number of nitrogens with two attached hydrogens (primary N) is 1. The van der Waals surface area contributed by atoms with Crippen molar-refractivity contribution in [1.29, 1.82) is 0 Å². The number of benzene rings is 1. The molecular formula is C14H19N3O3S. The van der Waals surface area contributed by atoms with E-state index in [-0.39, 0.29) is 4.90 Å². The Balaban J connectivity index is 2.25. The number of ether oxygens (including phenoxy) is 1.